The standard InChI is InChI=1S/C77H144O6/c1-4-7-10-13-16-19-22-25-28-31-33-34-35-36-37-38-39-40-41-42-44-46-49-52-55-58-61-64-67-70-76(79)82-73-74(72-81-75(78)69-66-63-60-57-54-51-48-45-30-27-24-21-18-15-12-9-6-3)83-77(80)71-68-65-62-59-56-53-50-47-43-32-29-26-23-20-17-14-11-8-5-2/h9,12,18,21,27,30,74H,4-8,10-11,13-17,19-20,22-26,28-29,31-73H2,1-3H3/b12-9-,21-18-,30-27-. The zero-order valence-corrected chi connectivity index (χ0v) is 56.2. The van der Waals surface area contributed by atoms with Gasteiger partial charge in [-0.05, 0) is 51.4 Å². The number of esters is 3. The molecule has 0 aromatic rings. The lowest BCUT2D eigenvalue weighted by molar-refractivity contribution is -0.167. The maximum Gasteiger partial charge on any atom is 0.306 e. The van der Waals surface area contributed by atoms with E-state index in [1.54, 1.807) is 0 Å². The summed E-state index contributed by atoms with van der Waals surface area (Å²) in [6.45, 7) is 6.61. The molecule has 0 radical (unpaired) electrons. The number of carbonyl (C=O) groups excluding carboxylic acids is 3. The minimum absolute atomic E-state index is 0.0691. The van der Waals surface area contributed by atoms with Crippen molar-refractivity contribution >= 4 is 17.9 Å². The van der Waals surface area contributed by atoms with E-state index >= 15 is 0 Å². The predicted molar refractivity (Wildman–Crippen MR) is 362 cm³/mol. The van der Waals surface area contributed by atoms with Crippen LogP contribution in [0.5, 0.6) is 0 Å². The van der Waals surface area contributed by atoms with E-state index in [-0.39, 0.29) is 31.1 Å². The molecule has 0 aliphatic rings. The van der Waals surface area contributed by atoms with Gasteiger partial charge in [-0.25, -0.2) is 0 Å². The van der Waals surface area contributed by atoms with Crippen LogP contribution in [-0.4, -0.2) is 37.2 Å². The normalized spacial score (nSPS) is 12.2. The van der Waals surface area contributed by atoms with Crippen LogP contribution in [0.15, 0.2) is 36.5 Å². The lowest BCUT2D eigenvalue weighted by Gasteiger charge is -2.18. The van der Waals surface area contributed by atoms with E-state index < -0.39 is 6.10 Å². The highest BCUT2D eigenvalue weighted by Gasteiger charge is 2.20. The van der Waals surface area contributed by atoms with Crippen LogP contribution in [0, 0.1) is 0 Å². The Kier molecular flexibility index (Phi) is 70.0. The highest BCUT2D eigenvalue weighted by atomic mass is 16.6. The number of allylic oxidation sites excluding steroid dienone is 6. The molecule has 83 heavy (non-hydrogen) atoms. The summed E-state index contributed by atoms with van der Waals surface area (Å²) in [6.07, 6.45) is 90.5. The summed E-state index contributed by atoms with van der Waals surface area (Å²) in [5.74, 6) is -0.845. The number of unbranched alkanes of at least 4 members (excludes halogenated alkanes) is 53. The Balaban J connectivity index is 4.21. The van der Waals surface area contributed by atoms with Crippen molar-refractivity contribution < 1.29 is 28.6 Å². The Morgan fingerprint density at radius 2 is 0.470 bits per heavy atom. The lowest BCUT2D eigenvalue weighted by Crippen LogP contribution is -2.30. The molecule has 0 aromatic carbocycles. The Labute approximate surface area is 518 Å². The third-order valence-corrected chi connectivity index (χ3v) is 17.2. The lowest BCUT2D eigenvalue weighted by atomic mass is 10.0. The van der Waals surface area contributed by atoms with Gasteiger partial charge in [-0.3, -0.25) is 14.4 Å². The first-order valence-corrected chi connectivity index (χ1v) is 37.5. The molecule has 0 bridgehead atoms. The minimum Gasteiger partial charge on any atom is -0.462 e. The van der Waals surface area contributed by atoms with Crippen molar-refractivity contribution in [2.24, 2.45) is 0 Å². The van der Waals surface area contributed by atoms with Crippen LogP contribution in [0.2, 0.25) is 0 Å². The van der Waals surface area contributed by atoms with Crippen molar-refractivity contribution in [1.29, 1.82) is 0 Å². The summed E-state index contributed by atoms with van der Waals surface area (Å²) in [4.78, 5) is 38.5. The zero-order chi connectivity index (χ0) is 59.9. The summed E-state index contributed by atoms with van der Waals surface area (Å²) < 4.78 is 17.0. The van der Waals surface area contributed by atoms with Gasteiger partial charge < -0.3 is 14.2 Å². The average molecular weight is 1170 g/mol. The predicted octanol–water partition coefficient (Wildman–Crippen LogP) is 25.9. The molecule has 6 heteroatoms. The second kappa shape index (κ2) is 72.1. The van der Waals surface area contributed by atoms with Gasteiger partial charge in [-0.1, -0.05) is 385 Å². The SMILES string of the molecule is CC/C=C\C/C=C\C/C=C\CCCCCCCCCC(=O)OCC(COC(=O)CCCCCCCCCCCCCCCCCCCCCCCCCCCCCCC)OC(=O)CCCCCCCCCCCCCCCCCCCCC. The molecule has 0 rings (SSSR count). The maximum atomic E-state index is 13.0. The second-order valence-corrected chi connectivity index (χ2v) is 25.5. The summed E-state index contributed by atoms with van der Waals surface area (Å²) >= 11 is 0. The van der Waals surface area contributed by atoms with Crippen molar-refractivity contribution in [3.63, 3.8) is 0 Å². The number of ether oxygens (including phenoxy) is 3. The van der Waals surface area contributed by atoms with Crippen LogP contribution < -0.4 is 0 Å². The molecule has 1 unspecified atom stereocenters. The van der Waals surface area contributed by atoms with E-state index in [1.807, 2.05) is 0 Å². The number of hydrogen-bond donors (Lipinski definition) is 0. The Bertz CT molecular complexity index is 1380. The fraction of sp³-hybridized carbons (Fsp3) is 0.883. The van der Waals surface area contributed by atoms with Gasteiger partial charge in [-0.15, -0.1) is 0 Å². The molecule has 0 fully saturated rings. The van der Waals surface area contributed by atoms with Gasteiger partial charge in [0.1, 0.15) is 13.2 Å². The molecule has 0 heterocycles. The van der Waals surface area contributed by atoms with Crippen LogP contribution in [0.1, 0.15) is 419 Å². The Morgan fingerprint density at radius 3 is 0.735 bits per heavy atom. The third-order valence-electron chi connectivity index (χ3n) is 17.2. The summed E-state index contributed by atoms with van der Waals surface area (Å²) in [6, 6.07) is 0. The third kappa shape index (κ3) is 70.3. The quantitative estimate of drug-likeness (QED) is 0.0261. The largest absolute Gasteiger partial charge is 0.462 e. The van der Waals surface area contributed by atoms with Gasteiger partial charge in [0.2, 0.25) is 0 Å². The highest BCUT2D eigenvalue weighted by molar-refractivity contribution is 5.71. The average Bonchev–Trinajstić information content (AvgIpc) is 3.50. The summed E-state index contributed by atoms with van der Waals surface area (Å²) in [5.41, 5.74) is 0. The van der Waals surface area contributed by atoms with Crippen molar-refractivity contribution in [2.75, 3.05) is 13.2 Å². The van der Waals surface area contributed by atoms with Gasteiger partial charge in [-0.2, -0.15) is 0 Å². The molecule has 0 aliphatic carbocycles. The molecule has 488 valence electrons. The van der Waals surface area contributed by atoms with E-state index in [1.165, 1.54) is 295 Å². The zero-order valence-electron chi connectivity index (χ0n) is 56.2. The van der Waals surface area contributed by atoms with Gasteiger partial charge in [0.15, 0.2) is 6.10 Å². The molecule has 1 atom stereocenters. The first kappa shape index (κ1) is 80.6. The van der Waals surface area contributed by atoms with E-state index in [0.717, 1.165) is 83.5 Å². The summed E-state index contributed by atoms with van der Waals surface area (Å²) in [5, 5.41) is 0. The van der Waals surface area contributed by atoms with Crippen LogP contribution in [0.4, 0.5) is 0 Å². The van der Waals surface area contributed by atoms with Gasteiger partial charge in [0, 0.05) is 19.3 Å². The fourth-order valence-corrected chi connectivity index (χ4v) is 11.6. The molecular weight excluding hydrogens is 1020 g/mol. The molecule has 0 spiro atoms. The topological polar surface area (TPSA) is 78.9 Å². The van der Waals surface area contributed by atoms with Crippen LogP contribution in [0.3, 0.4) is 0 Å². The second-order valence-electron chi connectivity index (χ2n) is 25.5. The van der Waals surface area contributed by atoms with Gasteiger partial charge in [0.05, 0.1) is 0 Å². The van der Waals surface area contributed by atoms with Gasteiger partial charge in [0.25, 0.3) is 0 Å². The molecule has 0 aliphatic heterocycles. The molecule has 0 aromatic heterocycles. The molecule has 0 amide bonds. The number of carbonyl (C=O) groups is 3. The van der Waals surface area contributed by atoms with Crippen LogP contribution in [-0.2, 0) is 28.6 Å². The van der Waals surface area contributed by atoms with E-state index in [4.69, 9.17) is 14.2 Å². The first-order chi connectivity index (χ1) is 41.0. The maximum absolute atomic E-state index is 13.0. The first-order valence-electron chi connectivity index (χ1n) is 37.5. The van der Waals surface area contributed by atoms with E-state index in [2.05, 4.69) is 57.2 Å². The smallest absolute Gasteiger partial charge is 0.306 e. The number of rotatable bonds is 70. The van der Waals surface area contributed by atoms with Crippen molar-refractivity contribution in [2.45, 2.75) is 425 Å². The van der Waals surface area contributed by atoms with Crippen molar-refractivity contribution in [3.05, 3.63) is 36.5 Å². The van der Waals surface area contributed by atoms with E-state index in [0.29, 0.717) is 19.3 Å². The van der Waals surface area contributed by atoms with Gasteiger partial charge >= 0.3 is 17.9 Å². The fourth-order valence-electron chi connectivity index (χ4n) is 11.6. The van der Waals surface area contributed by atoms with Crippen molar-refractivity contribution in [3.8, 4) is 0 Å². The van der Waals surface area contributed by atoms with Crippen LogP contribution >= 0.6 is 0 Å². The highest BCUT2D eigenvalue weighted by Crippen LogP contribution is 2.19. The van der Waals surface area contributed by atoms with E-state index in [9.17, 15) is 14.4 Å². The number of hydrogen-bond acceptors (Lipinski definition) is 6. The molecule has 0 saturated heterocycles. The molecule has 0 saturated carbocycles. The van der Waals surface area contributed by atoms with Crippen LogP contribution in [0.25, 0.3) is 0 Å². The minimum atomic E-state index is -0.774. The Hall–Kier alpha value is -2.37. The summed E-state index contributed by atoms with van der Waals surface area (Å²) in [7, 11) is 0. The Morgan fingerprint density at radius 1 is 0.253 bits per heavy atom. The molecule has 0 N–H and O–H groups in total. The molecular formula is C77H144O6. The molecule has 6 nitrogen and oxygen atoms in total. The monoisotopic (exact) mass is 1170 g/mol. The van der Waals surface area contributed by atoms with Crippen molar-refractivity contribution in [1.82, 2.24) is 0 Å².